The third-order valence-corrected chi connectivity index (χ3v) is 7.45. The third kappa shape index (κ3) is 17.6. The van der Waals surface area contributed by atoms with Crippen LogP contribution in [0.15, 0.2) is 48.5 Å². The third-order valence-electron chi connectivity index (χ3n) is 6.12. The average Bonchev–Trinajstić information content (AvgIpc) is 3.01. The molecule has 1 N–H and O–H groups in total. The van der Waals surface area contributed by atoms with Gasteiger partial charge in [-0.1, -0.05) is 27.7 Å². The Morgan fingerprint density at radius 1 is 0.653 bits per heavy atom. The minimum Gasteiger partial charge on any atom is -0.461 e. The highest BCUT2D eigenvalue weighted by atomic mass is 31.2. The van der Waals surface area contributed by atoms with Crippen molar-refractivity contribution in [3.63, 3.8) is 0 Å². The van der Waals surface area contributed by atoms with Gasteiger partial charge in [0.15, 0.2) is 0 Å². The number of ether oxygens (including phenoxy) is 4. The molecule has 0 radical (unpaired) electrons. The maximum absolute atomic E-state index is 12.2. The fourth-order valence-electron chi connectivity index (χ4n) is 3.44. The van der Waals surface area contributed by atoms with Crippen molar-refractivity contribution < 1.29 is 56.8 Å². The number of aliphatic hydroxyl groups excluding tert-OH is 1. The van der Waals surface area contributed by atoms with Gasteiger partial charge in [0.05, 0.1) is 61.4 Å². The van der Waals surface area contributed by atoms with Gasteiger partial charge >= 0.3 is 31.5 Å². The number of hydrogen-bond acceptors (Lipinski definition) is 12. The lowest BCUT2D eigenvalue weighted by Gasteiger charge is -2.25. The van der Waals surface area contributed by atoms with Crippen LogP contribution in [0.25, 0.3) is 0 Å². The molecule has 0 aliphatic rings. The monoisotopic (exact) mass is 708 g/mol. The number of esters is 4. The minimum atomic E-state index is -3.11. The summed E-state index contributed by atoms with van der Waals surface area (Å²) in [7, 11) is -3.11. The lowest BCUT2D eigenvalue weighted by Crippen LogP contribution is -2.27. The van der Waals surface area contributed by atoms with Gasteiger partial charge in [0.2, 0.25) is 0 Å². The maximum Gasteiger partial charge on any atom is 0.338 e. The lowest BCUT2D eigenvalue weighted by molar-refractivity contribution is 0.00673. The van der Waals surface area contributed by atoms with E-state index in [4.69, 9.17) is 33.1 Å². The zero-order chi connectivity index (χ0) is 37.6. The number of aliphatic hydroxyl groups is 1. The van der Waals surface area contributed by atoms with Gasteiger partial charge in [-0.15, -0.1) is 0 Å². The second-order valence-electron chi connectivity index (χ2n) is 14.2. The smallest absolute Gasteiger partial charge is 0.338 e. The highest BCUT2D eigenvalue weighted by Crippen LogP contribution is 2.45. The van der Waals surface area contributed by atoms with E-state index in [0.29, 0.717) is 28.9 Å². The zero-order valence-corrected chi connectivity index (χ0v) is 31.5. The molecule has 0 aromatic heterocycles. The SMILES string of the molecule is CC(C)OC(=O)c1ccc(C(=O)OCC(C)(C)CO)cc1.CCOP(C)(=O)OCC(C)(C)COC(=O)c1ccc(C(=O)OC(C)(C)C)cc1. The molecule has 0 aliphatic heterocycles. The van der Waals surface area contributed by atoms with Gasteiger partial charge in [-0.25, -0.2) is 19.2 Å². The quantitative estimate of drug-likeness (QED) is 0.113. The van der Waals surface area contributed by atoms with Crippen LogP contribution >= 0.6 is 7.60 Å². The number of benzene rings is 2. The molecule has 0 fully saturated rings. The van der Waals surface area contributed by atoms with Gasteiger partial charge in [0.25, 0.3) is 0 Å². The molecule has 2 aromatic carbocycles. The van der Waals surface area contributed by atoms with E-state index in [1.807, 2.05) is 13.8 Å². The Balaban J connectivity index is 0.000000510. The van der Waals surface area contributed by atoms with E-state index in [-0.39, 0.29) is 32.5 Å². The van der Waals surface area contributed by atoms with Crippen molar-refractivity contribution >= 4 is 31.5 Å². The topological polar surface area (TPSA) is 161 Å². The highest BCUT2D eigenvalue weighted by molar-refractivity contribution is 7.52. The van der Waals surface area contributed by atoms with Crippen LogP contribution in [0, 0.1) is 10.8 Å². The van der Waals surface area contributed by atoms with E-state index >= 15 is 0 Å². The summed E-state index contributed by atoms with van der Waals surface area (Å²) in [5, 5.41) is 9.10. The zero-order valence-electron chi connectivity index (χ0n) is 30.6. The molecule has 2 rings (SSSR count). The molecule has 12 nitrogen and oxygen atoms in total. The minimum absolute atomic E-state index is 0.0692. The van der Waals surface area contributed by atoms with E-state index in [2.05, 4.69) is 0 Å². The van der Waals surface area contributed by atoms with E-state index in [1.165, 1.54) is 55.2 Å². The van der Waals surface area contributed by atoms with Crippen LogP contribution in [-0.2, 0) is 32.6 Å². The van der Waals surface area contributed by atoms with E-state index in [0.717, 1.165) is 0 Å². The first-order valence-corrected chi connectivity index (χ1v) is 17.9. The number of hydrogen-bond donors (Lipinski definition) is 1. The molecule has 2 aromatic rings. The molecule has 0 aliphatic carbocycles. The second-order valence-corrected chi connectivity index (χ2v) is 16.3. The van der Waals surface area contributed by atoms with Crippen molar-refractivity contribution in [3.8, 4) is 0 Å². The Morgan fingerprint density at radius 3 is 1.41 bits per heavy atom. The molecule has 13 heteroatoms. The Labute approximate surface area is 290 Å². The second kappa shape index (κ2) is 19.0. The molecule has 0 amide bonds. The number of carbonyl (C=O) groups excluding carboxylic acids is 4. The van der Waals surface area contributed by atoms with Crippen molar-refractivity contribution in [1.29, 1.82) is 0 Å². The van der Waals surface area contributed by atoms with Gasteiger partial charge in [0, 0.05) is 17.5 Å². The number of rotatable bonds is 15. The van der Waals surface area contributed by atoms with Crippen molar-refractivity contribution in [3.05, 3.63) is 70.8 Å². The predicted octanol–water partition coefficient (Wildman–Crippen LogP) is 7.13. The van der Waals surface area contributed by atoms with Gasteiger partial charge in [0.1, 0.15) is 5.60 Å². The van der Waals surface area contributed by atoms with Gasteiger partial charge in [-0.05, 0) is 90.1 Å². The summed E-state index contributed by atoms with van der Waals surface area (Å²) < 4.78 is 43.2. The number of carbonyl (C=O) groups is 4. The Kier molecular flexibility index (Phi) is 16.8. The lowest BCUT2D eigenvalue weighted by atomic mass is 9.96. The highest BCUT2D eigenvalue weighted by Gasteiger charge is 2.27. The van der Waals surface area contributed by atoms with Crippen molar-refractivity contribution in [2.45, 2.75) is 80.9 Å². The van der Waals surface area contributed by atoms with Crippen LogP contribution in [0.1, 0.15) is 111 Å². The molecule has 0 spiro atoms. The molecular weight excluding hydrogens is 655 g/mol. The summed E-state index contributed by atoms with van der Waals surface area (Å²) in [6.45, 7) is 19.8. The summed E-state index contributed by atoms with van der Waals surface area (Å²) in [5.74, 6) is -1.89. The molecule has 0 saturated carbocycles. The van der Waals surface area contributed by atoms with Crippen molar-refractivity contribution in [2.24, 2.45) is 10.8 Å². The molecule has 0 saturated heterocycles. The first-order valence-electron chi connectivity index (χ1n) is 16.0. The van der Waals surface area contributed by atoms with E-state index in [1.54, 1.807) is 55.4 Å². The largest absolute Gasteiger partial charge is 0.461 e. The van der Waals surface area contributed by atoms with Crippen molar-refractivity contribution in [1.82, 2.24) is 0 Å². The van der Waals surface area contributed by atoms with Crippen LogP contribution < -0.4 is 0 Å². The molecule has 49 heavy (non-hydrogen) atoms. The fourth-order valence-corrected chi connectivity index (χ4v) is 4.57. The summed E-state index contributed by atoms with van der Waals surface area (Å²) in [4.78, 5) is 47.8. The summed E-state index contributed by atoms with van der Waals surface area (Å²) in [5.41, 5.74) is -0.200. The van der Waals surface area contributed by atoms with Crippen LogP contribution in [0.4, 0.5) is 0 Å². The summed E-state index contributed by atoms with van der Waals surface area (Å²) in [6, 6.07) is 12.2. The van der Waals surface area contributed by atoms with E-state index < -0.39 is 47.9 Å². The Bertz CT molecular complexity index is 1420. The van der Waals surface area contributed by atoms with E-state index in [9.17, 15) is 23.7 Å². The molecule has 0 heterocycles. The standard InChI is InChI=1S/C20H31O7P.C16H22O5/c1-8-25-28(7,23)26-14-20(5,6)13-24-17(21)15-9-11-16(12-10-15)18(22)27-19(2,3)4;1-11(2)21-15(19)13-7-5-12(6-8-13)14(18)20-10-16(3,4)9-17/h9-12H,8,13-14H2,1-7H3;5-8,11,17H,9-10H2,1-4H3. The van der Waals surface area contributed by atoms with Gasteiger partial charge in [-0.3, -0.25) is 4.57 Å². The normalized spacial score (nSPS) is 13.0. The average molecular weight is 709 g/mol. The predicted molar refractivity (Wildman–Crippen MR) is 185 cm³/mol. The first kappa shape index (κ1) is 43.5. The maximum atomic E-state index is 12.2. The van der Waals surface area contributed by atoms with Gasteiger partial charge in [-0.2, -0.15) is 0 Å². The van der Waals surface area contributed by atoms with Gasteiger partial charge < -0.3 is 33.1 Å². The van der Waals surface area contributed by atoms with Crippen LogP contribution in [0.3, 0.4) is 0 Å². The molecular formula is C36H53O12P. The Hall–Kier alpha value is -3.57. The van der Waals surface area contributed by atoms with Crippen LogP contribution in [0.2, 0.25) is 0 Å². The molecule has 1 unspecified atom stereocenters. The molecule has 0 bridgehead atoms. The van der Waals surface area contributed by atoms with Crippen LogP contribution in [0.5, 0.6) is 0 Å². The molecule has 274 valence electrons. The first-order chi connectivity index (χ1) is 22.5. The Morgan fingerprint density at radius 2 is 1.04 bits per heavy atom. The fraction of sp³-hybridized carbons (Fsp3) is 0.556. The molecule has 1 atom stereocenters. The van der Waals surface area contributed by atoms with Crippen LogP contribution in [-0.4, -0.2) is 80.4 Å². The van der Waals surface area contributed by atoms with Crippen molar-refractivity contribution in [2.75, 3.05) is 39.7 Å². The summed E-state index contributed by atoms with van der Waals surface area (Å²) in [6.07, 6.45) is -0.192. The summed E-state index contributed by atoms with van der Waals surface area (Å²) >= 11 is 0.